The van der Waals surface area contributed by atoms with Crippen LogP contribution in [0.25, 0.3) is 0 Å². The van der Waals surface area contributed by atoms with Gasteiger partial charge in [0, 0.05) is 10.3 Å². The molecule has 2 nitrogen and oxygen atoms in total. The van der Waals surface area contributed by atoms with Crippen molar-refractivity contribution in [1.29, 1.82) is 0 Å². The first-order valence-corrected chi connectivity index (χ1v) is 5.47. The van der Waals surface area contributed by atoms with E-state index in [-0.39, 0.29) is 0 Å². The number of aromatic carboxylic acids is 1. The lowest BCUT2D eigenvalue weighted by molar-refractivity contribution is 0.0697. The first kappa shape index (κ1) is 8.75. The number of carboxylic acid groups (broad SMARTS) is 1. The standard InChI is InChI=1S/C10H12O2S/c11-10(12)8-5-9(13-6-8)7-3-1-2-4-7/h5-7H,1-4H2,(H,11,12). The summed E-state index contributed by atoms with van der Waals surface area (Å²) in [5.74, 6) is -0.168. The van der Waals surface area contributed by atoms with Crippen molar-refractivity contribution in [3.63, 3.8) is 0 Å². The molecule has 1 aliphatic carbocycles. The Balaban J connectivity index is 2.16. The summed E-state index contributed by atoms with van der Waals surface area (Å²) in [6.45, 7) is 0. The van der Waals surface area contributed by atoms with E-state index < -0.39 is 5.97 Å². The minimum absolute atomic E-state index is 0.451. The van der Waals surface area contributed by atoms with E-state index in [0.29, 0.717) is 11.5 Å². The molecule has 13 heavy (non-hydrogen) atoms. The zero-order chi connectivity index (χ0) is 9.26. The van der Waals surface area contributed by atoms with Gasteiger partial charge in [-0.25, -0.2) is 4.79 Å². The summed E-state index contributed by atoms with van der Waals surface area (Å²) in [7, 11) is 0. The lowest BCUT2D eigenvalue weighted by Crippen LogP contribution is -1.93. The summed E-state index contributed by atoms with van der Waals surface area (Å²) in [5.41, 5.74) is 0.451. The van der Waals surface area contributed by atoms with Gasteiger partial charge in [-0.2, -0.15) is 0 Å². The molecule has 1 fully saturated rings. The highest BCUT2D eigenvalue weighted by atomic mass is 32.1. The zero-order valence-electron chi connectivity index (χ0n) is 7.32. The third-order valence-electron chi connectivity index (χ3n) is 2.62. The normalized spacial score (nSPS) is 17.8. The Kier molecular flexibility index (Phi) is 2.36. The van der Waals surface area contributed by atoms with Gasteiger partial charge in [0.15, 0.2) is 0 Å². The van der Waals surface area contributed by atoms with Gasteiger partial charge in [-0.1, -0.05) is 12.8 Å². The van der Waals surface area contributed by atoms with Crippen LogP contribution in [0.1, 0.15) is 46.8 Å². The van der Waals surface area contributed by atoms with Crippen molar-refractivity contribution in [1.82, 2.24) is 0 Å². The molecule has 1 saturated carbocycles. The van der Waals surface area contributed by atoms with E-state index in [9.17, 15) is 4.79 Å². The van der Waals surface area contributed by atoms with Crippen LogP contribution in [0, 0.1) is 0 Å². The fraction of sp³-hybridized carbons (Fsp3) is 0.500. The average molecular weight is 196 g/mol. The molecule has 1 N–H and O–H groups in total. The van der Waals surface area contributed by atoms with Gasteiger partial charge in [0.05, 0.1) is 5.56 Å². The predicted octanol–water partition coefficient (Wildman–Crippen LogP) is 3.10. The molecule has 1 aliphatic rings. The smallest absolute Gasteiger partial charge is 0.336 e. The van der Waals surface area contributed by atoms with Crippen molar-refractivity contribution in [3.05, 3.63) is 21.9 Å². The molecule has 70 valence electrons. The zero-order valence-corrected chi connectivity index (χ0v) is 8.14. The van der Waals surface area contributed by atoms with Crippen molar-refractivity contribution in [2.24, 2.45) is 0 Å². The van der Waals surface area contributed by atoms with Crippen molar-refractivity contribution in [2.75, 3.05) is 0 Å². The topological polar surface area (TPSA) is 37.3 Å². The van der Waals surface area contributed by atoms with Gasteiger partial charge >= 0.3 is 5.97 Å². The molecule has 0 amide bonds. The van der Waals surface area contributed by atoms with E-state index in [1.165, 1.54) is 30.6 Å². The summed E-state index contributed by atoms with van der Waals surface area (Å²) in [6, 6.07) is 1.84. The summed E-state index contributed by atoms with van der Waals surface area (Å²) in [6.07, 6.45) is 5.06. The maximum atomic E-state index is 10.6. The number of rotatable bonds is 2. The highest BCUT2D eigenvalue weighted by Crippen LogP contribution is 2.37. The van der Waals surface area contributed by atoms with E-state index >= 15 is 0 Å². The van der Waals surface area contributed by atoms with Crippen LogP contribution < -0.4 is 0 Å². The Labute approximate surface area is 81.2 Å². The van der Waals surface area contributed by atoms with Crippen LogP contribution in [0.15, 0.2) is 11.4 Å². The maximum Gasteiger partial charge on any atom is 0.336 e. The van der Waals surface area contributed by atoms with Crippen molar-refractivity contribution >= 4 is 17.3 Å². The minimum Gasteiger partial charge on any atom is -0.478 e. The van der Waals surface area contributed by atoms with Gasteiger partial charge in [0.25, 0.3) is 0 Å². The van der Waals surface area contributed by atoms with E-state index in [1.54, 1.807) is 16.7 Å². The molecule has 3 heteroatoms. The van der Waals surface area contributed by atoms with Crippen molar-refractivity contribution in [3.8, 4) is 0 Å². The third-order valence-corrected chi connectivity index (χ3v) is 3.72. The third kappa shape index (κ3) is 1.75. The van der Waals surface area contributed by atoms with E-state index in [2.05, 4.69) is 0 Å². The minimum atomic E-state index is -0.805. The van der Waals surface area contributed by atoms with Crippen LogP contribution in [0.3, 0.4) is 0 Å². The molecule has 0 aromatic carbocycles. The van der Waals surface area contributed by atoms with Gasteiger partial charge < -0.3 is 5.11 Å². The second-order valence-corrected chi connectivity index (χ2v) is 4.47. The molecule has 1 heterocycles. The molecule has 0 bridgehead atoms. The quantitative estimate of drug-likeness (QED) is 0.789. The molecule has 1 aromatic rings. The van der Waals surface area contributed by atoms with Gasteiger partial charge in [0.1, 0.15) is 0 Å². The maximum absolute atomic E-state index is 10.6. The molecule has 0 atom stereocenters. The lowest BCUT2D eigenvalue weighted by Gasteiger charge is -2.03. The molecule has 0 spiro atoms. The molecule has 0 saturated heterocycles. The van der Waals surface area contributed by atoms with Gasteiger partial charge in [-0.3, -0.25) is 0 Å². The number of hydrogen-bond donors (Lipinski definition) is 1. The SMILES string of the molecule is O=C(O)c1csc(C2CCCC2)c1. The fourth-order valence-electron chi connectivity index (χ4n) is 1.89. The molecular formula is C10H12O2S. The summed E-state index contributed by atoms with van der Waals surface area (Å²) < 4.78 is 0. The van der Waals surface area contributed by atoms with Crippen LogP contribution >= 0.6 is 11.3 Å². The molecular weight excluding hydrogens is 184 g/mol. The second-order valence-electron chi connectivity index (χ2n) is 3.52. The number of hydrogen-bond acceptors (Lipinski definition) is 2. The van der Waals surface area contributed by atoms with Crippen LogP contribution in [0.4, 0.5) is 0 Å². The summed E-state index contributed by atoms with van der Waals surface area (Å²) in [5, 5.41) is 10.5. The Hall–Kier alpha value is -0.830. The van der Waals surface area contributed by atoms with Crippen LogP contribution in [-0.2, 0) is 0 Å². The largest absolute Gasteiger partial charge is 0.478 e. The number of carboxylic acids is 1. The second kappa shape index (κ2) is 3.50. The van der Waals surface area contributed by atoms with E-state index in [1.807, 2.05) is 6.07 Å². The van der Waals surface area contributed by atoms with Gasteiger partial charge in [-0.05, 0) is 24.8 Å². The van der Waals surface area contributed by atoms with Crippen molar-refractivity contribution < 1.29 is 9.90 Å². The van der Waals surface area contributed by atoms with E-state index in [4.69, 9.17) is 5.11 Å². The predicted molar refractivity (Wildman–Crippen MR) is 52.5 cm³/mol. The summed E-state index contributed by atoms with van der Waals surface area (Å²) >= 11 is 1.59. The number of carbonyl (C=O) groups is 1. The van der Waals surface area contributed by atoms with Gasteiger partial charge in [0.2, 0.25) is 0 Å². The Morgan fingerprint density at radius 2 is 2.15 bits per heavy atom. The van der Waals surface area contributed by atoms with Gasteiger partial charge in [-0.15, -0.1) is 11.3 Å². The monoisotopic (exact) mass is 196 g/mol. The fourth-order valence-corrected chi connectivity index (χ4v) is 2.94. The van der Waals surface area contributed by atoms with Crippen molar-refractivity contribution in [2.45, 2.75) is 31.6 Å². The first-order valence-electron chi connectivity index (χ1n) is 4.59. The Bertz CT molecular complexity index is 310. The summed E-state index contributed by atoms with van der Waals surface area (Å²) in [4.78, 5) is 11.9. The molecule has 0 unspecified atom stereocenters. The van der Waals surface area contributed by atoms with Crippen LogP contribution in [0.2, 0.25) is 0 Å². The molecule has 1 aromatic heterocycles. The Morgan fingerprint density at radius 3 is 2.69 bits per heavy atom. The molecule has 0 aliphatic heterocycles. The Morgan fingerprint density at radius 1 is 1.46 bits per heavy atom. The average Bonchev–Trinajstić information content (AvgIpc) is 2.75. The lowest BCUT2D eigenvalue weighted by atomic mass is 10.1. The van der Waals surface area contributed by atoms with Crippen LogP contribution in [0.5, 0.6) is 0 Å². The highest BCUT2D eigenvalue weighted by Gasteiger charge is 2.19. The molecule has 2 rings (SSSR count). The first-order chi connectivity index (χ1) is 6.27. The van der Waals surface area contributed by atoms with E-state index in [0.717, 1.165) is 0 Å². The molecule has 0 radical (unpaired) electrons. The van der Waals surface area contributed by atoms with Crippen LogP contribution in [-0.4, -0.2) is 11.1 Å². The highest BCUT2D eigenvalue weighted by molar-refractivity contribution is 7.10. The number of thiophene rings is 1.